The summed E-state index contributed by atoms with van der Waals surface area (Å²) in [5, 5.41) is 15.2. The SMILES string of the molecule is O=C(O)CCCc1csc(NC(=O)c2cscn2)n1. The normalized spacial score (nSPS) is 10.3. The Bertz CT molecular complexity index is 566. The largest absolute Gasteiger partial charge is 0.481 e. The number of carboxylic acids is 1. The highest BCUT2D eigenvalue weighted by Gasteiger charge is 2.10. The number of hydrogen-bond acceptors (Lipinski definition) is 6. The Morgan fingerprint density at radius 3 is 2.89 bits per heavy atom. The van der Waals surface area contributed by atoms with Gasteiger partial charge in [0.1, 0.15) is 5.69 Å². The summed E-state index contributed by atoms with van der Waals surface area (Å²) in [5.41, 5.74) is 2.75. The number of amides is 1. The molecule has 0 aromatic carbocycles. The molecule has 0 fully saturated rings. The van der Waals surface area contributed by atoms with Crippen molar-refractivity contribution in [3.63, 3.8) is 0 Å². The van der Waals surface area contributed by atoms with Crippen LogP contribution < -0.4 is 5.32 Å². The van der Waals surface area contributed by atoms with Crippen LogP contribution in [0.4, 0.5) is 5.13 Å². The van der Waals surface area contributed by atoms with E-state index in [0.717, 1.165) is 5.69 Å². The van der Waals surface area contributed by atoms with E-state index < -0.39 is 5.97 Å². The Hall–Kier alpha value is -1.80. The Labute approximate surface area is 117 Å². The second-order valence-corrected chi connectivity index (χ2v) is 5.30. The quantitative estimate of drug-likeness (QED) is 0.853. The molecule has 19 heavy (non-hydrogen) atoms. The van der Waals surface area contributed by atoms with Crippen LogP contribution in [0, 0.1) is 0 Å². The van der Waals surface area contributed by atoms with Crippen LogP contribution in [0.15, 0.2) is 16.3 Å². The molecule has 0 saturated carbocycles. The average molecular weight is 297 g/mol. The van der Waals surface area contributed by atoms with E-state index in [9.17, 15) is 9.59 Å². The Morgan fingerprint density at radius 1 is 1.37 bits per heavy atom. The van der Waals surface area contributed by atoms with Crippen molar-refractivity contribution in [2.24, 2.45) is 0 Å². The lowest BCUT2D eigenvalue weighted by atomic mass is 10.2. The topological polar surface area (TPSA) is 92.2 Å². The second-order valence-electron chi connectivity index (χ2n) is 3.72. The molecule has 0 atom stereocenters. The molecule has 0 radical (unpaired) electrons. The fourth-order valence-electron chi connectivity index (χ4n) is 1.39. The molecule has 0 aliphatic heterocycles. The number of nitrogens with one attached hydrogen (secondary N) is 1. The fraction of sp³-hybridized carbons (Fsp3) is 0.273. The third-order valence-corrected chi connectivity index (χ3v) is 3.65. The highest BCUT2D eigenvalue weighted by Crippen LogP contribution is 2.18. The van der Waals surface area contributed by atoms with Gasteiger partial charge in [0.15, 0.2) is 5.13 Å². The first-order chi connectivity index (χ1) is 9.15. The number of aryl methyl sites for hydroxylation is 1. The van der Waals surface area contributed by atoms with E-state index in [0.29, 0.717) is 23.7 Å². The standard InChI is InChI=1S/C11H11N3O3S2/c15-9(16)3-1-2-7-4-19-11(13-7)14-10(17)8-5-18-6-12-8/h4-6H,1-3H2,(H,15,16)(H,13,14,17). The zero-order valence-electron chi connectivity index (χ0n) is 9.83. The van der Waals surface area contributed by atoms with E-state index in [1.165, 1.54) is 22.7 Å². The molecule has 8 heteroatoms. The monoisotopic (exact) mass is 297 g/mol. The number of rotatable bonds is 6. The van der Waals surface area contributed by atoms with Gasteiger partial charge in [-0.3, -0.25) is 14.9 Å². The minimum Gasteiger partial charge on any atom is -0.481 e. The number of carboxylic acid groups (broad SMARTS) is 1. The minimum atomic E-state index is -0.813. The van der Waals surface area contributed by atoms with Crippen molar-refractivity contribution in [2.45, 2.75) is 19.3 Å². The lowest BCUT2D eigenvalue weighted by Gasteiger charge is -1.97. The number of nitrogens with zero attached hydrogens (tertiary/aromatic N) is 2. The van der Waals surface area contributed by atoms with Gasteiger partial charge in [-0.05, 0) is 12.8 Å². The zero-order valence-corrected chi connectivity index (χ0v) is 11.5. The molecule has 100 valence electrons. The molecule has 0 aliphatic carbocycles. The third-order valence-electron chi connectivity index (χ3n) is 2.26. The predicted molar refractivity (Wildman–Crippen MR) is 72.8 cm³/mol. The van der Waals surface area contributed by atoms with Gasteiger partial charge in [0.2, 0.25) is 0 Å². The number of anilines is 1. The summed E-state index contributed by atoms with van der Waals surface area (Å²) >= 11 is 2.67. The Balaban J connectivity index is 1.87. The lowest BCUT2D eigenvalue weighted by molar-refractivity contribution is -0.137. The van der Waals surface area contributed by atoms with E-state index in [2.05, 4.69) is 15.3 Å². The van der Waals surface area contributed by atoms with Crippen molar-refractivity contribution >= 4 is 39.7 Å². The van der Waals surface area contributed by atoms with E-state index in [-0.39, 0.29) is 12.3 Å². The molecule has 1 amide bonds. The summed E-state index contributed by atoms with van der Waals surface area (Å²) in [7, 11) is 0. The van der Waals surface area contributed by atoms with Crippen LogP contribution in [0.1, 0.15) is 29.0 Å². The third kappa shape index (κ3) is 4.11. The van der Waals surface area contributed by atoms with Crippen molar-refractivity contribution < 1.29 is 14.7 Å². The molecule has 0 bridgehead atoms. The summed E-state index contributed by atoms with van der Waals surface area (Å²) in [6.45, 7) is 0. The molecule has 2 rings (SSSR count). The summed E-state index contributed by atoms with van der Waals surface area (Å²) in [6.07, 6.45) is 1.26. The molecular weight excluding hydrogens is 286 g/mol. The van der Waals surface area contributed by atoms with Crippen molar-refractivity contribution in [1.82, 2.24) is 9.97 Å². The number of carbonyl (C=O) groups excluding carboxylic acids is 1. The maximum absolute atomic E-state index is 11.7. The van der Waals surface area contributed by atoms with Gasteiger partial charge in [-0.25, -0.2) is 9.97 Å². The molecule has 6 nitrogen and oxygen atoms in total. The first-order valence-electron chi connectivity index (χ1n) is 5.51. The maximum atomic E-state index is 11.7. The maximum Gasteiger partial charge on any atom is 0.303 e. The Morgan fingerprint density at radius 2 is 2.21 bits per heavy atom. The van der Waals surface area contributed by atoms with Crippen LogP contribution in [0.5, 0.6) is 0 Å². The van der Waals surface area contributed by atoms with Crippen molar-refractivity contribution in [3.8, 4) is 0 Å². The Kier molecular flexibility index (Phi) is 4.58. The number of aromatic nitrogens is 2. The minimum absolute atomic E-state index is 0.123. The van der Waals surface area contributed by atoms with Crippen LogP contribution in [-0.4, -0.2) is 27.0 Å². The van der Waals surface area contributed by atoms with Gasteiger partial charge in [-0.1, -0.05) is 0 Å². The first kappa shape index (κ1) is 13.6. The molecule has 2 aromatic heterocycles. The number of hydrogen-bond donors (Lipinski definition) is 2. The van der Waals surface area contributed by atoms with Gasteiger partial charge in [-0.15, -0.1) is 22.7 Å². The van der Waals surface area contributed by atoms with E-state index >= 15 is 0 Å². The lowest BCUT2D eigenvalue weighted by Crippen LogP contribution is -2.11. The molecule has 2 N–H and O–H groups in total. The number of aliphatic carboxylic acids is 1. The van der Waals surface area contributed by atoms with Crippen LogP contribution in [0.3, 0.4) is 0 Å². The van der Waals surface area contributed by atoms with Crippen LogP contribution in [-0.2, 0) is 11.2 Å². The van der Waals surface area contributed by atoms with E-state index in [1.807, 2.05) is 5.38 Å². The van der Waals surface area contributed by atoms with E-state index in [4.69, 9.17) is 5.11 Å². The highest BCUT2D eigenvalue weighted by molar-refractivity contribution is 7.14. The molecular formula is C11H11N3O3S2. The van der Waals surface area contributed by atoms with Crippen molar-refractivity contribution in [3.05, 3.63) is 27.7 Å². The number of thiazole rings is 2. The summed E-state index contributed by atoms with van der Waals surface area (Å²) in [6, 6.07) is 0. The molecule has 2 heterocycles. The highest BCUT2D eigenvalue weighted by atomic mass is 32.1. The fourth-order valence-corrected chi connectivity index (χ4v) is 2.66. The van der Waals surface area contributed by atoms with Gasteiger partial charge < -0.3 is 5.11 Å². The van der Waals surface area contributed by atoms with Crippen molar-refractivity contribution in [2.75, 3.05) is 5.32 Å². The zero-order chi connectivity index (χ0) is 13.7. The van der Waals surface area contributed by atoms with Gasteiger partial charge in [0.25, 0.3) is 5.91 Å². The summed E-state index contributed by atoms with van der Waals surface area (Å²) in [4.78, 5) is 30.2. The van der Waals surface area contributed by atoms with Crippen molar-refractivity contribution in [1.29, 1.82) is 0 Å². The smallest absolute Gasteiger partial charge is 0.303 e. The van der Waals surface area contributed by atoms with Crippen LogP contribution in [0.25, 0.3) is 0 Å². The molecule has 0 saturated heterocycles. The predicted octanol–water partition coefficient (Wildman–Crippen LogP) is 2.26. The summed E-state index contributed by atoms with van der Waals surface area (Å²) < 4.78 is 0. The van der Waals surface area contributed by atoms with E-state index in [1.54, 1.807) is 10.9 Å². The first-order valence-corrected chi connectivity index (χ1v) is 7.33. The van der Waals surface area contributed by atoms with Crippen LogP contribution in [0.2, 0.25) is 0 Å². The van der Waals surface area contributed by atoms with Gasteiger partial charge in [-0.2, -0.15) is 0 Å². The molecule has 2 aromatic rings. The summed E-state index contributed by atoms with van der Waals surface area (Å²) in [5.74, 6) is -1.10. The van der Waals surface area contributed by atoms with Gasteiger partial charge in [0, 0.05) is 17.2 Å². The van der Waals surface area contributed by atoms with Crippen LogP contribution >= 0.6 is 22.7 Å². The van der Waals surface area contributed by atoms with Gasteiger partial charge in [0.05, 0.1) is 11.2 Å². The molecule has 0 unspecified atom stereocenters. The second kappa shape index (κ2) is 6.39. The number of carbonyl (C=O) groups is 2. The molecule has 0 spiro atoms. The molecule has 0 aliphatic rings. The average Bonchev–Trinajstić information content (AvgIpc) is 2.99. The van der Waals surface area contributed by atoms with Gasteiger partial charge >= 0.3 is 5.97 Å².